The highest BCUT2D eigenvalue weighted by Gasteiger charge is 2.17. The van der Waals surface area contributed by atoms with Crippen LogP contribution in [-0.2, 0) is 0 Å². The standard InChI is InChI=1S/C19H16N6OS/c1-2-21-19-25-14-5-3-4-11(17(14)27-19)15-6-12-13(10-7-23-24-8-10)9-22-18(20)16(12)26-15/h3-9H,2H2,1H3,(H2,20,22)(H,21,25)(H,23,24). The van der Waals surface area contributed by atoms with E-state index in [9.17, 15) is 0 Å². The van der Waals surface area contributed by atoms with Crippen LogP contribution >= 0.6 is 11.3 Å². The van der Waals surface area contributed by atoms with E-state index in [1.54, 1.807) is 23.7 Å². The predicted molar refractivity (Wildman–Crippen MR) is 109 cm³/mol. The molecule has 0 radical (unpaired) electrons. The van der Waals surface area contributed by atoms with Crippen LogP contribution < -0.4 is 11.1 Å². The summed E-state index contributed by atoms with van der Waals surface area (Å²) in [5.74, 6) is 1.11. The van der Waals surface area contributed by atoms with Gasteiger partial charge < -0.3 is 15.5 Å². The number of aromatic amines is 1. The van der Waals surface area contributed by atoms with Crippen LogP contribution in [0.2, 0.25) is 0 Å². The molecule has 4 aromatic heterocycles. The number of rotatable bonds is 4. The normalized spacial score (nSPS) is 11.4. The number of H-pyrrole nitrogens is 1. The van der Waals surface area contributed by atoms with Gasteiger partial charge in [-0.1, -0.05) is 17.4 Å². The number of fused-ring (bicyclic) bond motifs is 2. The molecule has 0 spiro atoms. The molecular weight excluding hydrogens is 360 g/mol. The second-order valence-corrected chi connectivity index (χ2v) is 7.10. The van der Waals surface area contributed by atoms with E-state index >= 15 is 0 Å². The number of hydrogen-bond donors (Lipinski definition) is 3. The quantitative estimate of drug-likeness (QED) is 0.426. The molecule has 7 nitrogen and oxygen atoms in total. The Morgan fingerprint density at radius 3 is 3.00 bits per heavy atom. The Hall–Kier alpha value is -3.39. The highest BCUT2D eigenvalue weighted by molar-refractivity contribution is 7.22. The lowest BCUT2D eigenvalue weighted by atomic mass is 10.1. The second kappa shape index (κ2) is 6.10. The fourth-order valence-electron chi connectivity index (χ4n) is 3.17. The van der Waals surface area contributed by atoms with E-state index in [0.717, 1.165) is 49.7 Å². The van der Waals surface area contributed by atoms with Crippen molar-refractivity contribution >= 4 is 43.5 Å². The fourth-order valence-corrected chi connectivity index (χ4v) is 4.23. The van der Waals surface area contributed by atoms with Gasteiger partial charge in [0.1, 0.15) is 5.76 Å². The van der Waals surface area contributed by atoms with Crippen molar-refractivity contribution < 1.29 is 4.42 Å². The average Bonchev–Trinajstić information content (AvgIpc) is 3.41. The zero-order chi connectivity index (χ0) is 18.4. The molecule has 0 aliphatic carbocycles. The first-order chi connectivity index (χ1) is 13.2. The number of nitrogens with zero attached hydrogens (tertiary/aromatic N) is 3. The molecule has 0 saturated heterocycles. The molecule has 0 saturated carbocycles. The third-order valence-electron chi connectivity index (χ3n) is 4.41. The summed E-state index contributed by atoms with van der Waals surface area (Å²) in [5.41, 5.74) is 10.4. The SMILES string of the molecule is CCNc1nc2cccc(-c3cc4c(-c5cn[nH]c5)cnc(N)c4o3)c2s1. The molecular formula is C19H16N6OS. The number of thiazole rings is 1. The molecule has 8 heteroatoms. The first kappa shape index (κ1) is 15.8. The first-order valence-electron chi connectivity index (χ1n) is 8.55. The zero-order valence-electron chi connectivity index (χ0n) is 14.5. The molecule has 1 aromatic carbocycles. The lowest BCUT2D eigenvalue weighted by Crippen LogP contribution is -1.94. The van der Waals surface area contributed by atoms with Crippen molar-refractivity contribution in [1.29, 1.82) is 0 Å². The van der Waals surface area contributed by atoms with Gasteiger partial charge in [0, 0.05) is 41.0 Å². The van der Waals surface area contributed by atoms with E-state index in [4.69, 9.17) is 10.2 Å². The molecule has 5 rings (SSSR count). The largest absolute Gasteiger partial charge is 0.452 e. The highest BCUT2D eigenvalue weighted by atomic mass is 32.1. The number of pyridine rings is 1. The predicted octanol–water partition coefficient (Wildman–Crippen LogP) is 4.51. The summed E-state index contributed by atoms with van der Waals surface area (Å²) in [6, 6.07) is 8.04. The smallest absolute Gasteiger partial charge is 0.183 e. The van der Waals surface area contributed by atoms with Crippen molar-refractivity contribution in [2.75, 3.05) is 17.6 Å². The zero-order valence-corrected chi connectivity index (χ0v) is 15.3. The number of benzene rings is 1. The number of anilines is 2. The van der Waals surface area contributed by atoms with Gasteiger partial charge in [-0.2, -0.15) is 5.10 Å². The Morgan fingerprint density at radius 2 is 2.19 bits per heavy atom. The van der Waals surface area contributed by atoms with Gasteiger partial charge in [-0.15, -0.1) is 0 Å². The Balaban J connectivity index is 1.73. The Bertz CT molecular complexity index is 1250. The van der Waals surface area contributed by atoms with Gasteiger partial charge >= 0.3 is 0 Å². The van der Waals surface area contributed by atoms with Gasteiger partial charge in [-0.25, -0.2) is 9.97 Å². The topological polar surface area (TPSA) is 106 Å². The molecule has 134 valence electrons. The van der Waals surface area contributed by atoms with Crippen LogP contribution in [0, 0.1) is 0 Å². The van der Waals surface area contributed by atoms with Crippen molar-refractivity contribution in [2.45, 2.75) is 6.92 Å². The van der Waals surface area contributed by atoms with Crippen LogP contribution in [0.25, 0.3) is 43.6 Å². The Labute approximate surface area is 158 Å². The van der Waals surface area contributed by atoms with Crippen LogP contribution in [0.5, 0.6) is 0 Å². The van der Waals surface area contributed by atoms with Crippen LogP contribution in [0.3, 0.4) is 0 Å². The van der Waals surface area contributed by atoms with E-state index in [1.165, 1.54) is 0 Å². The lowest BCUT2D eigenvalue weighted by Gasteiger charge is -2.00. The van der Waals surface area contributed by atoms with Gasteiger partial charge in [0.25, 0.3) is 0 Å². The molecule has 4 N–H and O–H groups in total. The van der Waals surface area contributed by atoms with Gasteiger partial charge in [0.15, 0.2) is 16.5 Å². The van der Waals surface area contributed by atoms with E-state index in [2.05, 4.69) is 32.4 Å². The van der Waals surface area contributed by atoms with Crippen molar-refractivity contribution in [1.82, 2.24) is 20.2 Å². The Kier molecular flexibility index (Phi) is 3.58. The maximum absolute atomic E-state index is 6.14. The van der Waals surface area contributed by atoms with Crippen molar-refractivity contribution in [3.05, 3.63) is 42.9 Å². The molecule has 5 aromatic rings. The third-order valence-corrected chi connectivity index (χ3v) is 5.47. The van der Waals surface area contributed by atoms with Crippen molar-refractivity contribution in [3.8, 4) is 22.5 Å². The maximum Gasteiger partial charge on any atom is 0.183 e. The minimum absolute atomic E-state index is 0.369. The summed E-state index contributed by atoms with van der Waals surface area (Å²) in [5, 5.41) is 11.9. The summed E-state index contributed by atoms with van der Waals surface area (Å²) in [6.07, 6.45) is 5.33. The number of furan rings is 1. The minimum Gasteiger partial charge on any atom is -0.452 e. The molecule has 0 aliphatic rings. The first-order valence-corrected chi connectivity index (χ1v) is 9.37. The number of aromatic nitrogens is 4. The molecule has 0 bridgehead atoms. The summed E-state index contributed by atoms with van der Waals surface area (Å²) in [6.45, 7) is 2.88. The van der Waals surface area contributed by atoms with Crippen molar-refractivity contribution in [2.24, 2.45) is 0 Å². The molecule has 0 aliphatic heterocycles. The van der Waals surface area contributed by atoms with E-state index in [0.29, 0.717) is 11.4 Å². The van der Waals surface area contributed by atoms with E-state index in [1.807, 2.05) is 30.5 Å². The van der Waals surface area contributed by atoms with Crippen molar-refractivity contribution in [3.63, 3.8) is 0 Å². The summed E-state index contributed by atoms with van der Waals surface area (Å²) in [4.78, 5) is 8.92. The van der Waals surface area contributed by atoms with Crippen LogP contribution in [0.4, 0.5) is 10.9 Å². The number of nitrogens with two attached hydrogens (primary N) is 1. The highest BCUT2D eigenvalue weighted by Crippen LogP contribution is 2.40. The molecule has 0 atom stereocenters. The minimum atomic E-state index is 0.369. The fraction of sp³-hybridized carbons (Fsp3) is 0.105. The molecule has 0 unspecified atom stereocenters. The summed E-state index contributed by atoms with van der Waals surface area (Å²) >= 11 is 1.62. The maximum atomic E-state index is 6.14. The third kappa shape index (κ3) is 2.53. The Morgan fingerprint density at radius 1 is 1.26 bits per heavy atom. The monoisotopic (exact) mass is 376 g/mol. The average molecular weight is 376 g/mol. The lowest BCUT2D eigenvalue weighted by molar-refractivity contribution is 0.632. The van der Waals surface area contributed by atoms with Crippen LogP contribution in [0.1, 0.15) is 6.92 Å². The molecule has 0 fully saturated rings. The van der Waals surface area contributed by atoms with Gasteiger partial charge in [0.05, 0.1) is 16.4 Å². The van der Waals surface area contributed by atoms with Crippen LogP contribution in [-0.4, -0.2) is 26.7 Å². The number of nitrogens with one attached hydrogen (secondary N) is 2. The van der Waals surface area contributed by atoms with Gasteiger partial charge in [-0.05, 0) is 25.1 Å². The molecule has 4 heterocycles. The van der Waals surface area contributed by atoms with E-state index in [-0.39, 0.29) is 0 Å². The van der Waals surface area contributed by atoms with E-state index < -0.39 is 0 Å². The summed E-state index contributed by atoms with van der Waals surface area (Å²) in [7, 11) is 0. The van der Waals surface area contributed by atoms with Gasteiger partial charge in [-0.3, -0.25) is 5.10 Å². The van der Waals surface area contributed by atoms with Gasteiger partial charge in [0.2, 0.25) is 0 Å². The number of hydrogen-bond acceptors (Lipinski definition) is 7. The number of nitrogen functional groups attached to an aromatic ring is 1. The van der Waals surface area contributed by atoms with Crippen LogP contribution in [0.15, 0.2) is 47.3 Å². The molecule has 0 amide bonds. The second-order valence-electron chi connectivity index (χ2n) is 6.10. The molecule has 27 heavy (non-hydrogen) atoms. The summed E-state index contributed by atoms with van der Waals surface area (Å²) < 4.78 is 7.21.